The van der Waals surface area contributed by atoms with Crippen LogP contribution >= 0.6 is 12.4 Å². The van der Waals surface area contributed by atoms with E-state index >= 15 is 8.78 Å². The maximum Gasteiger partial charge on any atom is 0.275 e. The number of nitrogens with zero attached hydrogens (tertiary/aromatic N) is 3. The Kier molecular flexibility index (Phi) is 11.5. The van der Waals surface area contributed by atoms with Crippen molar-refractivity contribution in [1.82, 2.24) is 9.80 Å². The fraction of sp³-hybridized carbons (Fsp3) is 0.310. The molecule has 0 radical (unpaired) electrons. The number of allylic oxidation sites excluding steroid dienone is 1. The Morgan fingerprint density at radius 2 is 1.35 bits per heavy atom. The number of benzene rings is 4. The number of carbonyl (C=O) groups excluding carboxylic acids is 3. The quantitative estimate of drug-likeness (QED) is 0.202. The van der Waals surface area contributed by atoms with Gasteiger partial charge in [-0.3, -0.25) is 14.4 Å². The predicted octanol–water partition coefficient (Wildman–Crippen LogP) is 8.57. The molecule has 52 heavy (non-hydrogen) atoms. The van der Waals surface area contributed by atoms with Crippen LogP contribution in [0.2, 0.25) is 0 Å². The summed E-state index contributed by atoms with van der Waals surface area (Å²) < 4.78 is 31.8. The molecule has 0 unspecified atom stereocenters. The lowest BCUT2D eigenvalue weighted by molar-refractivity contribution is -0.127. The van der Waals surface area contributed by atoms with E-state index in [4.69, 9.17) is 0 Å². The second-order valence-electron chi connectivity index (χ2n) is 13.6. The number of para-hydroxylation sites is 1. The summed E-state index contributed by atoms with van der Waals surface area (Å²) in [6.45, 7) is 3.02. The second-order valence-corrected chi connectivity index (χ2v) is 13.6. The van der Waals surface area contributed by atoms with Crippen LogP contribution in [0.1, 0.15) is 64.8 Å². The molecule has 3 heterocycles. The van der Waals surface area contributed by atoms with Gasteiger partial charge >= 0.3 is 0 Å². The van der Waals surface area contributed by atoms with Gasteiger partial charge in [0, 0.05) is 66.1 Å². The van der Waals surface area contributed by atoms with Gasteiger partial charge in [-0.25, -0.2) is 8.78 Å². The molecule has 4 aromatic rings. The highest BCUT2D eigenvalue weighted by molar-refractivity contribution is 6.11. The van der Waals surface area contributed by atoms with E-state index in [2.05, 4.69) is 10.2 Å². The third kappa shape index (κ3) is 7.96. The smallest absolute Gasteiger partial charge is 0.275 e. The van der Waals surface area contributed by atoms with Crippen molar-refractivity contribution in [3.63, 3.8) is 0 Å². The molecule has 0 atom stereocenters. The van der Waals surface area contributed by atoms with Gasteiger partial charge in [-0.05, 0) is 86.3 Å². The first-order valence-corrected chi connectivity index (χ1v) is 17.9. The van der Waals surface area contributed by atoms with Crippen LogP contribution in [0.4, 0.5) is 20.2 Å². The molecular formula is C42H43ClF2N4O3. The van der Waals surface area contributed by atoms with Crippen molar-refractivity contribution in [2.24, 2.45) is 0 Å². The maximum absolute atomic E-state index is 15.9. The van der Waals surface area contributed by atoms with Gasteiger partial charge in [-0.2, -0.15) is 0 Å². The molecule has 2 fully saturated rings. The van der Waals surface area contributed by atoms with E-state index in [1.54, 1.807) is 65.6 Å². The largest absolute Gasteiger partial charge is 0.339 e. The van der Waals surface area contributed by atoms with Crippen LogP contribution < -0.4 is 10.2 Å². The predicted molar refractivity (Wildman–Crippen MR) is 204 cm³/mol. The number of rotatable bonds is 6. The molecular weight excluding hydrogens is 682 g/mol. The molecule has 3 amide bonds. The Balaban J connectivity index is 0.00000464. The third-order valence-corrected chi connectivity index (χ3v) is 10.4. The van der Waals surface area contributed by atoms with Crippen molar-refractivity contribution in [3.05, 3.63) is 126 Å². The molecule has 1 N–H and O–H groups in total. The number of likely N-dealkylation sites (tertiary alicyclic amines) is 2. The summed E-state index contributed by atoms with van der Waals surface area (Å²) in [7, 11) is 0. The van der Waals surface area contributed by atoms with Crippen molar-refractivity contribution >= 4 is 47.1 Å². The highest BCUT2D eigenvalue weighted by atomic mass is 35.5. The van der Waals surface area contributed by atoms with Crippen molar-refractivity contribution in [1.29, 1.82) is 0 Å². The van der Waals surface area contributed by atoms with Crippen molar-refractivity contribution < 1.29 is 23.2 Å². The summed E-state index contributed by atoms with van der Waals surface area (Å²) in [5.74, 6) is -4.48. The Hall–Kier alpha value is -4.86. The van der Waals surface area contributed by atoms with E-state index in [1.165, 1.54) is 24.2 Å². The van der Waals surface area contributed by atoms with Gasteiger partial charge in [-0.1, -0.05) is 73.2 Å². The second kappa shape index (κ2) is 16.2. The first-order chi connectivity index (χ1) is 24.8. The number of piperidine rings is 2. The zero-order valence-electron chi connectivity index (χ0n) is 29.0. The molecule has 10 heteroatoms. The summed E-state index contributed by atoms with van der Waals surface area (Å²) >= 11 is 0. The van der Waals surface area contributed by atoms with E-state index in [-0.39, 0.29) is 41.6 Å². The average Bonchev–Trinajstić information content (AvgIpc) is 3.28. The lowest BCUT2D eigenvalue weighted by Crippen LogP contribution is -2.48. The highest BCUT2D eigenvalue weighted by Gasteiger charge is 2.42. The van der Waals surface area contributed by atoms with Crippen LogP contribution in [0.15, 0.2) is 109 Å². The normalized spacial score (nSPS) is 18.5. The van der Waals surface area contributed by atoms with Gasteiger partial charge in [0.2, 0.25) is 5.91 Å². The molecule has 7 nitrogen and oxygen atoms in total. The monoisotopic (exact) mass is 724 g/mol. The average molecular weight is 725 g/mol. The van der Waals surface area contributed by atoms with Crippen molar-refractivity contribution in [2.45, 2.75) is 50.5 Å². The molecule has 3 aliphatic heterocycles. The Labute approximate surface area is 309 Å². The van der Waals surface area contributed by atoms with E-state index < -0.39 is 24.2 Å². The number of fused-ring (bicyclic) bond motifs is 1. The minimum absolute atomic E-state index is 0. The van der Waals surface area contributed by atoms with Gasteiger partial charge in [0.05, 0.1) is 5.69 Å². The van der Waals surface area contributed by atoms with Gasteiger partial charge in [0.25, 0.3) is 17.7 Å². The van der Waals surface area contributed by atoms with E-state index in [0.717, 1.165) is 43.1 Å². The molecule has 0 aliphatic carbocycles. The minimum atomic E-state index is -3.32. The minimum Gasteiger partial charge on any atom is -0.339 e. The molecule has 270 valence electrons. The topological polar surface area (TPSA) is 73.0 Å². The number of carbonyl (C=O) groups is 3. The number of anilines is 2. The molecule has 0 aromatic heterocycles. The Morgan fingerprint density at radius 1 is 0.712 bits per heavy atom. The first kappa shape index (κ1) is 36.9. The molecule has 0 spiro atoms. The lowest BCUT2D eigenvalue weighted by atomic mass is 9.96. The van der Waals surface area contributed by atoms with Crippen LogP contribution in [0.5, 0.6) is 0 Å². The fourth-order valence-corrected chi connectivity index (χ4v) is 7.59. The number of alkyl halides is 2. The number of hydrogen-bond donors (Lipinski definition) is 1. The zero-order chi connectivity index (χ0) is 35.4. The maximum atomic E-state index is 15.9. The summed E-state index contributed by atoms with van der Waals surface area (Å²) in [5.41, 5.74) is 3.15. The van der Waals surface area contributed by atoms with Crippen LogP contribution in [0, 0.1) is 0 Å². The molecule has 2 saturated heterocycles. The summed E-state index contributed by atoms with van der Waals surface area (Å²) in [5, 5.41) is 2.91. The van der Waals surface area contributed by atoms with Gasteiger partial charge < -0.3 is 20.0 Å². The van der Waals surface area contributed by atoms with Gasteiger partial charge in [0.15, 0.2) is 0 Å². The Bertz CT molecular complexity index is 1920. The van der Waals surface area contributed by atoms with Crippen molar-refractivity contribution in [2.75, 3.05) is 42.9 Å². The summed E-state index contributed by atoms with van der Waals surface area (Å²) in [4.78, 5) is 46.3. The van der Waals surface area contributed by atoms with E-state index in [0.29, 0.717) is 36.1 Å². The number of amides is 3. The van der Waals surface area contributed by atoms with Crippen LogP contribution in [0.25, 0.3) is 16.7 Å². The van der Waals surface area contributed by atoms with Crippen LogP contribution in [-0.4, -0.2) is 72.2 Å². The van der Waals surface area contributed by atoms with E-state index in [9.17, 15) is 14.4 Å². The van der Waals surface area contributed by atoms with Crippen molar-refractivity contribution in [3.8, 4) is 11.1 Å². The number of halogens is 3. The number of nitrogens with one attached hydrogen (secondary N) is 1. The molecule has 4 aromatic carbocycles. The number of hydrogen-bond acceptors (Lipinski definition) is 4. The van der Waals surface area contributed by atoms with Crippen LogP contribution in [0.3, 0.4) is 0 Å². The molecule has 0 saturated carbocycles. The van der Waals surface area contributed by atoms with Crippen LogP contribution in [-0.2, 0) is 4.79 Å². The Morgan fingerprint density at radius 3 is 2.06 bits per heavy atom. The first-order valence-electron chi connectivity index (χ1n) is 17.9. The lowest BCUT2D eigenvalue weighted by Gasteiger charge is -2.40. The molecule has 3 aliphatic rings. The standard InChI is InChI=1S/C42H42F2N4O3.ClH/c43-42(44)23-28-48(38-16-8-7-15-36(38)37(42)29-39(49)47-26-21-33(22-27-47)46-24-9-2-10-25-46)41(51)31-17-19-32(20-18-31)45-40(50)35-14-6-5-13-34(35)30-11-3-1-4-12-30;/h1,3-8,11-20,29,33H,2,9-10,21-28H2,(H,45,50);1H/b37-29-;. The van der Waals surface area contributed by atoms with E-state index in [1.807, 2.05) is 42.5 Å². The third-order valence-electron chi connectivity index (χ3n) is 10.4. The summed E-state index contributed by atoms with van der Waals surface area (Å²) in [6, 6.07) is 30.4. The molecule has 7 rings (SSSR count). The fourth-order valence-electron chi connectivity index (χ4n) is 7.59. The zero-order valence-corrected chi connectivity index (χ0v) is 29.8. The highest BCUT2D eigenvalue weighted by Crippen LogP contribution is 2.43. The van der Waals surface area contributed by atoms with Gasteiger partial charge in [-0.15, -0.1) is 12.4 Å². The SMILES string of the molecule is Cl.O=C(Nc1ccc(C(=O)N2CCC(F)(F)/C(=C\C(=O)N3CCC(N4CCCCC4)CC3)c3ccccc32)cc1)c1ccccc1-c1ccccc1. The summed E-state index contributed by atoms with van der Waals surface area (Å²) in [6.07, 6.45) is 5.82. The molecule has 0 bridgehead atoms. The van der Waals surface area contributed by atoms with Gasteiger partial charge in [0.1, 0.15) is 0 Å².